The standard InChI is InChI=1S/C11H14N4O5S/c1-14-8-7(9(18)13-10(14)19)15(3-4-20-2)11(12-8)21-5-6(16)17/h3-5H2,1-2H3,(H,16,17)(H,13,18,19). The summed E-state index contributed by atoms with van der Waals surface area (Å²) < 4.78 is 7.76. The number of rotatable bonds is 6. The maximum Gasteiger partial charge on any atom is 0.329 e. The first-order valence-corrected chi connectivity index (χ1v) is 6.97. The summed E-state index contributed by atoms with van der Waals surface area (Å²) >= 11 is 0.983. The van der Waals surface area contributed by atoms with Gasteiger partial charge < -0.3 is 14.4 Å². The number of aromatic amines is 1. The molecule has 0 aliphatic heterocycles. The van der Waals surface area contributed by atoms with E-state index >= 15 is 0 Å². The van der Waals surface area contributed by atoms with Crippen LogP contribution >= 0.6 is 11.8 Å². The van der Waals surface area contributed by atoms with E-state index in [2.05, 4.69) is 9.97 Å². The van der Waals surface area contributed by atoms with E-state index in [9.17, 15) is 14.4 Å². The Morgan fingerprint density at radius 1 is 1.48 bits per heavy atom. The molecule has 0 spiro atoms. The van der Waals surface area contributed by atoms with Gasteiger partial charge in [-0.05, 0) is 0 Å². The molecule has 0 saturated carbocycles. The highest BCUT2D eigenvalue weighted by atomic mass is 32.2. The molecule has 0 amide bonds. The number of hydrogen-bond acceptors (Lipinski definition) is 6. The molecule has 2 N–H and O–H groups in total. The summed E-state index contributed by atoms with van der Waals surface area (Å²) in [4.78, 5) is 40.7. The molecular weight excluding hydrogens is 300 g/mol. The van der Waals surface area contributed by atoms with Crippen molar-refractivity contribution < 1.29 is 14.6 Å². The van der Waals surface area contributed by atoms with Crippen LogP contribution in [0.15, 0.2) is 14.7 Å². The molecule has 10 heteroatoms. The molecule has 2 aromatic rings. The van der Waals surface area contributed by atoms with E-state index in [1.807, 2.05) is 0 Å². The minimum Gasteiger partial charge on any atom is -0.481 e. The smallest absolute Gasteiger partial charge is 0.329 e. The summed E-state index contributed by atoms with van der Waals surface area (Å²) in [5.74, 6) is -1.18. The quantitative estimate of drug-likeness (QED) is 0.673. The second-order valence-electron chi connectivity index (χ2n) is 4.21. The Morgan fingerprint density at radius 2 is 2.19 bits per heavy atom. The van der Waals surface area contributed by atoms with Gasteiger partial charge in [-0.25, -0.2) is 9.78 Å². The largest absolute Gasteiger partial charge is 0.481 e. The highest BCUT2D eigenvalue weighted by Crippen LogP contribution is 2.21. The molecule has 0 saturated heterocycles. The number of nitrogens with zero attached hydrogens (tertiary/aromatic N) is 3. The fourth-order valence-electron chi connectivity index (χ4n) is 1.84. The molecule has 0 aromatic carbocycles. The predicted octanol–water partition coefficient (Wildman–Crippen LogP) is -0.754. The van der Waals surface area contributed by atoms with Crippen molar-refractivity contribution in [2.75, 3.05) is 19.5 Å². The van der Waals surface area contributed by atoms with Gasteiger partial charge in [0.1, 0.15) is 0 Å². The lowest BCUT2D eigenvalue weighted by atomic mass is 10.5. The zero-order valence-electron chi connectivity index (χ0n) is 11.5. The molecule has 0 unspecified atom stereocenters. The van der Waals surface area contributed by atoms with Crippen LogP contribution in [-0.4, -0.2) is 49.6 Å². The van der Waals surface area contributed by atoms with Crippen LogP contribution in [0.5, 0.6) is 0 Å². The molecule has 0 atom stereocenters. The van der Waals surface area contributed by atoms with E-state index in [1.54, 1.807) is 4.57 Å². The van der Waals surface area contributed by atoms with Gasteiger partial charge in [0.05, 0.1) is 12.4 Å². The number of carboxylic acids is 1. The van der Waals surface area contributed by atoms with Gasteiger partial charge in [0.15, 0.2) is 16.3 Å². The Morgan fingerprint density at radius 3 is 2.81 bits per heavy atom. The van der Waals surface area contributed by atoms with E-state index in [0.29, 0.717) is 18.3 Å². The van der Waals surface area contributed by atoms with Gasteiger partial charge in [-0.3, -0.25) is 19.1 Å². The molecule has 0 aliphatic carbocycles. The van der Waals surface area contributed by atoms with Crippen LogP contribution in [0.2, 0.25) is 0 Å². The average molecular weight is 314 g/mol. The Balaban J connectivity index is 2.63. The summed E-state index contributed by atoms with van der Waals surface area (Å²) in [6.07, 6.45) is 0. The van der Waals surface area contributed by atoms with Crippen LogP contribution in [0.3, 0.4) is 0 Å². The molecule has 9 nitrogen and oxygen atoms in total. The molecule has 21 heavy (non-hydrogen) atoms. The van der Waals surface area contributed by atoms with Crippen LogP contribution in [0.4, 0.5) is 0 Å². The first-order valence-electron chi connectivity index (χ1n) is 5.98. The molecule has 114 valence electrons. The van der Waals surface area contributed by atoms with Crippen molar-refractivity contribution in [2.45, 2.75) is 11.7 Å². The van der Waals surface area contributed by atoms with Gasteiger partial charge in [0, 0.05) is 20.7 Å². The van der Waals surface area contributed by atoms with Crippen molar-refractivity contribution in [2.24, 2.45) is 7.05 Å². The Hall–Kier alpha value is -2.07. The van der Waals surface area contributed by atoms with Crippen LogP contribution in [0.25, 0.3) is 11.2 Å². The van der Waals surface area contributed by atoms with Crippen molar-refractivity contribution in [3.05, 3.63) is 20.8 Å². The minimum absolute atomic E-state index is 0.192. The number of methoxy groups -OCH3 is 1. The second-order valence-corrected chi connectivity index (χ2v) is 5.15. The monoisotopic (exact) mass is 314 g/mol. The third-order valence-corrected chi connectivity index (χ3v) is 3.78. The molecule has 2 aromatic heterocycles. The van der Waals surface area contributed by atoms with Crippen molar-refractivity contribution >= 4 is 28.9 Å². The molecule has 0 bridgehead atoms. The number of H-pyrrole nitrogens is 1. The average Bonchev–Trinajstić information content (AvgIpc) is 2.79. The molecular formula is C11H14N4O5S. The summed E-state index contributed by atoms with van der Waals surface area (Å²) in [5.41, 5.74) is -0.688. The molecule has 0 aliphatic rings. The summed E-state index contributed by atoms with van der Waals surface area (Å²) in [6, 6.07) is 0. The van der Waals surface area contributed by atoms with Gasteiger partial charge in [0.25, 0.3) is 5.56 Å². The number of hydrogen-bond donors (Lipinski definition) is 2. The van der Waals surface area contributed by atoms with Gasteiger partial charge in [-0.15, -0.1) is 0 Å². The van der Waals surface area contributed by atoms with Crippen LogP contribution in [0.1, 0.15) is 0 Å². The van der Waals surface area contributed by atoms with E-state index in [0.717, 1.165) is 11.8 Å². The fourth-order valence-corrected chi connectivity index (χ4v) is 2.58. The topological polar surface area (TPSA) is 119 Å². The Kier molecular flexibility index (Phi) is 4.48. The maximum absolute atomic E-state index is 12.0. The fraction of sp³-hybridized carbons (Fsp3) is 0.455. The number of aryl methyl sites for hydroxylation is 1. The summed E-state index contributed by atoms with van der Waals surface area (Å²) in [6.45, 7) is 0.657. The van der Waals surface area contributed by atoms with Crippen LogP contribution < -0.4 is 11.2 Å². The second kappa shape index (κ2) is 6.14. The normalized spacial score (nSPS) is 11.1. The number of ether oxygens (including phenoxy) is 1. The number of carboxylic acid groups (broad SMARTS) is 1. The Labute approximate surface area is 122 Å². The number of carbonyl (C=O) groups is 1. The van der Waals surface area contributed by atoms with Crippen molar-refractivity contribution in [1.29, 1.82) is 0 Å². The number of thioether (sulfide) groups is 1. The number of aliphatic carboxylic acids is 1. The first kappa shape index (κ1) is 15.3. The SMILES string of the molecule is COCCn1c(SCC(=O)O)nc2c1c(=O)[nH]c(=O)n2C. The predicted molar refractivity (Wildman–Crippen MR) is 75.8 cm³/mol. The van der Waals surface area contributed by atoms with Crippen molar-refractivity contribution in [3.63, 3.8) is 0 Å². The highest BCUT2D eigenvalue weighted by molar-refractivity contribution is 7.99. The molecule has 2 heterocycles. The maximum atomic E-state index is 12.0. The van der Waals surface area contributed by atoms with Crippen LogP contribution in [0, 0.1) is 0 Å². The van der Waals surface area contributed by atoms with Gasteiger partial charge in [0.2, 0.25) is 0 Å². The minimum atomic E-state index is -0.992. The lowest BCUT2D eigenvalue weighted by Gasteiger charge is -2.06. The first-order chi connectivity index (χ1) is 9.95. The van der Waals surface area contributed by atoms with E-state index in [-0.39, 0.29) is 16.9 Å². The van der Waals surface area contributed by atoms with Crippen molar-refractivity contribution in [1.82, 2.24) is 19.1 Å². The summed E-state index contributed by atoms with van der Waals surface area (Å²) in [7, 11) is 3.00. The number of nitrogens with one attached hydrogen (secondary N) is 1. The lowest BCUT2D eigenvalue weighted by molar-refractivity contribution is -0.133. The zero-order valence-corrected chi connectivity index (χ0v) is 12.3. The van der Waals surface area contributed by atoms with Crippen LogP contribution in [-0.2, 0) is 23.1 Å². The molecule has 0 radical (unpaired) electrons. The molecule has 2 rings (SSSR count). The number of aromatic nitrogens is 4. The summed E-state index contributed by atoms with van der Waals surface area (Å²) in [5, 5.41) is 9.12. The molecule has 0 fully saturated rings. The van der Waals surface area contributed by atoms with E-state index in [4.69, 9.17) is 9.84 Å². The lowest BCUT2D eigenvalue weighted by Crippen LogP contribution is -2.29. The third kappa shape index (κ3) is 3.00. The number of imidazole rings is 1. The number of fused-ring (bicyclic) bond motifs is 1. The van der Waals surface area contributed by atoms with E-state index < -0.39 is 17.2 Å². The van der Waals surface area contributed by atoms with Crippen molar-refractivity contribution in [3.8, 4) is 0 Å². The third-order valence-electron chi connectivity index (χ3n) is 2.82. The van der Waals surface area contributed by atoms with Gasteiger partial charge in [-0.1, -0.05) is 11.8 Å². The highest BCUT2D eigenvalue weighted by Gasteiger charge is 2.18. The zero-order chi connectivity index (χ0) is 15.6. The van der Waals surface area contributed by atoms with Gasteiger partial charge in [-0.2, -0.15) is 0 Å². The van der Waals surface area contributed by atoms with E-state index in [1.165, 1.54) is 18.7 Å². The Bertz CT molecular complexity index is 790. The van der Waals surface area contributed by atoms with Gasteiger partial charge >= 0.3 is 11.7 Å².